The maximum atomic E-state index is 12.8. The van der Waals surface area contributed by atoms with Gasteiger partial charge in [-0.2, -0.15) is 0 Å². The van der Waals surface area contributed by atoms with Crippen LogP contribution in [0.2, 0.25) is 0 Å². The molecule has 0 saturated carbocycles. The number of aromatic nitrogens is 1. The van der Waals surface area contributed by atoms with E-state index in [2.05, 4.69) is 9.88 Å². The number of carbonyl (C=O) groups excluding carboxylic acids is 2. The molecule has 0 atom stereocenters. The van der Waals surface area contributed by atoms with Crippen molar-refractivity contribution in [3.63, 3.8) is 0 Å². The van der Waals surface area contributed by atoms with Gasteiger partial charge in [-0.25, -0.2) is 0 Å². The zero-order valence-corrected chi connectivity index (χ0v) is 17.8. The van der Waals surface area contributed by atoms with E-state index < -0.39 is 0 Å². The van der Waals surface area contributed by atoms with Gasteiger partial charge in [-0.05, 0) is 51.2 Å². The number of anilines is 1. The van der Waals surface area contributed by atoms with Crippen molar-refractivity contribution in [2.45, 2.75) is 20.4 Å². The van der Waals surface area contributed by atoms with Gasteiger partial charge in [-0.15, -0.1) is 0 Å². The van der Waals surface area contributed by atoms with Crippen LogP contribution in [0.5, 0.6) is 5.75 Å². The van der Waals surface area contributed by atoms with Crippen LogP contribution in [0.15, 0.2) is 53.1 Å². The van der Waals surface area contributed by atoms with Crippen LogP contribution in [0.3, 0.4) is 0 Å². The highest BCUT2D eigenvalue weighted by Gasteiger charge is 2.19. The van der Waals surface area contributed by atoms with Crippen molar-refractivity contribution in [1.82, 2.24) is 9.47 Å². The van der Waals surface area contributed by atoms with Gasteiger partial charge < -0.3 is 19.0 Å². The minimum atomic E-state index is -0.193. The van der Waals surface area contributed by atoms with Gasteiger partial charge in [-0.3, -0.25) is 14.5 Å². The van der Waals surface area contributed by atoms with Gasteiger partial charge in [0, 0.05) is 28.7 Å². The number of aryl methyl sites for hydroxylation is 1. The van der Waals surface area contributed by atoms with Crippen LogP contribution in [-0.2, 0) is 11.3 Å². The number of likely N-dealkylation sites (N-methyl/N-ethyl adjacent to an activating group) is 1. The third-order valence-corrected chi connectivity index (χ3v) is 4.95. The largest absolute Gasteiger partial charge is 0.497 e. The molecule has 0 aliphatic heterocycles. The number of hydrogen-bond donors (Lipinski definition) is 1. The number of nitrogens with one attached hydrogen (secondary N) is 1. The average Bonchev–Trinajstić information content (AvgIpc) is 3.31. The minimum Gasteiger partial charge on any atom is -0.497 e. The van der Waals surface area contributed by atoms with Crippen LogP contribution in [0.25, 0.3) is 0 Å². The van der Waals surface area contributed by atoms with E-state index in [1.165, 1.54) is 0 Å². The molecule has 3 rings (SSSR count). The van der Waals surface area contributed by atoms with E-state index >= 15 is 0 Å². The Morgan fingerprint density at radius 3 is 2.63 bits per heavy atom. The van der Waals surface area contributed by atoms with E-state index in [0.29, 0.717) is 23.5 Å². The van der Waals surface area contributed by atoms with Crippen molar-refractivity contribution in [1.29, 1.82) is 0 Å². The lowest BCUT2D eigenvalue weighted by Gasteiger charge is -2.16. The predicted octanol–water partition coefficient (Wildman–Crippen LogP) is 3.51. The van der Waals surface area contributed by atoms with E-state index in [1.54, 1.807) is 43.5 Å². The van der Waals surface area contributed by atoms with Crippen molar-refractivity contribution in [3.05, 3.63) is 71.4 Å². The number of carbonyl (C=O) groups is 2. The lowest BCUT2D eigenvalue weighted by atomic mass is 10.1. The molecule has 7 heteroatoms. The number of Topliss-reactive ketones (excluding diaryl/α,β-unsaturated/α-hetero) is 1. The van der Waals surface area contributed by atoms with E-state index in [4.69, 9.17) is 9.15 Å². The molecule has 158 valence electrons. The Hall–Kier alpha value is -3.32. The Kier molecular flexibility index (Phi) is 6.74. The number of hydrogen-bond acceptors (Lipinski definition) is 5. The lowest BCUT2D eigenvalue weighted by molar-refractivity contribution is -0.116. The van der Waals surface area contributed by atoms with Crippen molar-refractivity contribution < 1.29 is 18.7 Å². The van der Waals surface area contributed by atoms with Crippen molar-refractivity contribution in [2.75, 3.05) is 32.6 Å². The molecule has 0 radical (unpaired) electrons. The zero-order valence-electron chi connectivity index (χ0n) is 17.8. The molecule has 3 aromatic rings. The second-order valence-electron chi connectivity index (χ2n) is 7.33. The van der Waals surface area contributed by atoms with E-state index in [9.17, 15) is 9.59 Å². The Balaban J connectivity index is 1.59. The summed E-state index contributed by atoms with van der Waals surface area (Å²) in [6, 6.07) is 12.8. The molecule has 1 amide bonds. The number of furan rings is 1. The number of methoxy groups -OCH3 is 1. The van der Waals surface area contributed by atoms with Crippen molar-refractivity contribution >= 4 is 17.4 Å². The summed E-state index contributed by atoms with van der Waals surface area (Å²) in [5.74, 6) is 1.29. The van der Waals surface area contributed by atoms with Gasteiger partial charge in [0.05, 0.1) is 33.0 Å². The van der Waals surface area contributed by atoms with Gasteiger partial charge in [0.1, 0.15) is 11.5 Å². The molecule has 1 N–H and O–H groups in total. The standard InChI is InChI=1S/C23H27N3O4/c1-16-11-21(17(2)26(16)13-20-9-6-10-30-20)22(27)14-25(3)15-23(28)24-18-7-5-8-19(12-18)29-4/h5-12H,13-15H2,1-4H3,(H,24,28). The van der Waals surface area contributed by atoms with Gasteiger partial charge in [0.15, 0.2) is 5.78 Å². The van der Waals surface area contributed by atoms with Crippen LogP contribution in [0, 0.1) is 13.8 Å². The monoisotopic (exact) mass is 409 g/mol. The molecule has 0 unspecified atom stereocenters. The van der Waals surface area contributed by atoms with Crippen molar-refractivity contribution in [2.24, 2.45) is 0 Å². The Bertz CT molecular complexity index is 1020. The highest BCUT2D eigenvalue weighted by atomic mass is 16.5. The Morgan fingerprint density at radius 2 is 1.93 bits per heavy atom. The summed E-state index contributed by atoms with van der Waals surface area (Å²) in [6.07, 6.45) is 1.64. The normalized spacial score (nSPS) is 11.0. The highest BCUT2D eigenvalue weighted by molar-refractivity contribution is 5.99. The summed E-state index contributed by atoms with van der Waals surface area (Å²) in [7, 11) is 3.33. The van der Waals surface area contributed by atoms with Gasteiger partial charge in [0.2, 0.25) is 5.91 Å². The second kappa shape index (κ2) is 9.45. The van der Waals surface area contributed by atoms with Crippen LogP contribution >= 0.6 is 0 Å². The molecule has 0 aliphatic carbocycles. The number of rotatable bonds is 9. The maximum absolute atomic E-state index is 12.8. The summed E-state index contributed by atoms with van der Waals surface area (Å²) in [6.45, 7) is 4.73. The first kappa shape index (κ1) is 21.4. The smallest absolute Gasteiger partial charge is 0.238 e. The molecule has 2 aromatic heterocycles. The molecular formula is C23H27N3O4. The number of benzene rings is 1. The number of ether oxygens (including phenoxy) is 1. The van der Waals surface area contributed by atoms with Crippen LogP contribution < -0.4 is 10.1 Å². The SMILES string of the molecule is COc1cccc(NC(=O)CN(C)CC(=O)c2cc(C)n(Cc3ccco3)c2C)c1. The molecule has 0 aliphatic rings. The molecule has 30 heavy (non-hydrogen) atoms. The van der Waals surface area contributed by atoms with Gasteiger partial charge in [-0.1, -0.05) is 6.07 Å². The number of amides is 1. The summed E-state index contributed by atoms with van der Waals surface area (Å²) in [5, 5.41) is 2.82. The summed E-state index contributed by atoms with van der Waals surface area (Å²) in [4.78, 5) is 26.9. The zero-order chi connectivity index (χ0) is 21.7. The molecular weight excluding hydrogens is 382 g/mol. The maximum Gasteiger partial charge on any atom is 0.238 e. The average molecular weight is 409 g/mol. The highest BCUT2D eigenvalue weighted by Crippen LogP contribution is 2.19. The first-order valence-corrected chi connectivity index (χ1v) is 9.72. The topological polar surface area (TPSA) is 76.7 Å². The molecule has 1 aromatic carbocycles. The van der Waals surface area contributed by atoms with E-state index in [-0.39, 0.29) is 24.8 Å². The van der Waals surface area contributed by atoms with Gasteiger partial charge >= 0.3 is 0 Å². The first-order valence-electron chi connectivity index (χ1n) is 9.72. The number of nitrogens with zero attached hydrogens (tertiary/aromatic N) is 2. The minimum absolute atomic E-state index is 0.0227. The first-order chi connectivity index (χ1) is 14.4. The fourth-order valence-electron chi connectivity index (χ4n) is 3.42. The van der Waals surface area contributed by atoms with E-state index in [0.717, 1.165) is 17.1 Å². The lowest BCUT2D eigenvalue weighted by Crippen LogP contribution is -2.34. The summed E-state index contributed by atoms with van der Waals surface area (Å²) in [5.41, 5.74) is 3.20. The second-order valence-corrected chi connectivity index (χ2v) is 7.33. The molecule has 2 heterocycles. The Morgan fingerprint density at radius 1 is 1.13 bits per heavy atom. The van der Waals surface area contributed by atoms with Crippen LogP contribution in [0.1, 0.15) is 27.5 Å². The Labute approximate surface area is 176 Å². The van der Waals surface area contributed by atoms with Gasteiger partial charge in [0.25, 0.3) is 0 Å². The fraction of sp³-hybridized carbons (Fsp3) is 0.304. The van der Waals surface area contributed by atoms with Crippen LogP contribution in [0.4, 0.5) is 5.69 Å². The molecule has 0 spiro atoms. The third-order valence-electron chi connectivity index (χ3n) is 4.95. The quantitative estimate of drug-likeness (QED) is 0.548. The third kappa shape index (κ3) is 5.18. The fourth-order valence-corrected chi connectivity index (χ4v) is 3.42. The molecule has 0 bridgehead atoms. The summed E-state index contributed by atoms with van der Waals surface area (Å²) < 4.78 is 12.6. The number of ketones is 1. The predicted molar refractivity (Wildman–Crippen MR) is 115 cm³/mol. The van der Waals surface area contributed by atoms with E-state index in [1.807, 2.05) is 38.1 Å². The van der Waals surface area contributed by atoms with Crippen LogP contribution in [-0.4, -0.2) is 48.4 Å². The molecule has 0 fully saturated rings. The van der Waals surface area contributed by atoms with Crippen molar-refractivity contribution in [3.8, 4) is 5.75 Å². The summed E-state index contributed by atoms with van der Waals surface area (Å²) >= 11 is 0. The molecule has 7 nitrogen and oxygen atoms in total. The molecule has 0 saturated heterocycles.